The Morgan fingerprint density at radius 2 is 2.16 bits per heavy atom. The Balaban J connectivity index is 1.65. The molecule has 0 radical (unpaired) electrons. The van der Waals surface area contributed by atoms with Crippen molar-refractivity contribution in [1.29, 1.82) is 0 Å². The molecular formula is C14H22N2O3. The molecular weight excluding hydrogens is 244 g/mol. The van der Waals surface area contributed by atoms with E-state index in [1.54, 1.807) is 16.9 Å². The van der Waals surface area contributed by atoms with Gasteiger partial charge in [-0.25, -0.2) is 0 Å². The van der Waals surface area contributed by atoms with Crippen LogP contribution in [0.25, 0.3) is 0 Å². The highest BCUT2D eigenvalue weighted by Crippen LogP contribution is 2.49. The molecule has 3 aliphatic rings. The summed E-state index contributed by atoms with van der Waals surface area (Å²) >= 11 is 0. The van der Waals surface area contributed by atoms with E-state index in [0.717, 1.165) is 51.8 Å². The van der Waals surface area contributed by atoms with Gasteiger partial charge in [0.05, 0.1) is 6.54 Å². The molecule has 1 unspecified atom stereocenters. The van der Waals surface area contributed by atoms with E-state index in [-0.39, 0.29) is 29.8 Å². The maximum Gasteiger partial charge on any atom is 0.245 e. The molecule has 19 heavy (non-hydrogen) atoms. The van der Waals surface area contributed by atoms with Gasteiger partial charge in [0.25, 0.3) is 0 Å². The summed E-state index contributed by atoms with van der Waals surface area (Å²) in [6.45, 7) is 2.53. The molecule has 2 saturated heterocycles. The first-order valence-corrected chi connectivity index (χ1v) is 7.22. The standard InChI is InChI=1S/C14H22N2O3/c1-19-8-6-14(4-5-14)10-15-9-12(17)16-7-2-3-11(16)13(15)18/h11H,2-10H2,1H3. The maximum absolute atomic E-state index is 12.4. The van der Waals surface area contributed by atoms with Crippen molar-refractivity contribution in [3.63, 3.8) is 0 Å². The van der Waals surface area contributed by atoms with Crippen LogP contribution in [0.15, 0.2) is 0 Å². The number of carbonyl (C=O) groups is 2. The molecule has 3 fully saturated rings. The third-order valence-electron chi connectivity index (χ3n) is 4.82. The molecule has 106 valence electrons. The molecule has 1 saturated carbocycles. The molecule has 0 spiro atoms. The summed E-state index contributed by atoms with van der Waals surface area (Å²) in [6.07, 6.45) is 5.11. The summed E-state index contributed by atoms with van der Waals surface area (Å²) in [7, 11) is 1.71. The molecule has 2 aliphatic heterocycles. The summed E-state index contributed by atoms with van der Waals surface area (Å²) in [5, 5.41) is 0. The van der Waals surface area contributed by atoms with Gasteiger partial charge >= 0.3 is 0 Å². The van der Waals surface area contributed by atoms with Crippen LogP contribution in [0, 0.1) is 5.41 Å². The zero-order valence-electron chi connectivity index (χ0n) is 11.6. The SMILES string of the molecule is COCCC1(CN2CC(=O)N3CCCC3C2=O)CC1. The van der Waals surface area contributed by atoms with Crippen LogP contribution < -0.4 is 0 Å². The van der Waals surface area contributed by atoms with E-state index < -0.39 is 0 Å². The number of methoxy groups -OCH3 is 1. The quantitative estimate of drug-likeness (QED) is 0.733. The van der Waals surface area contributed by atoms with Gasteiger partial charge < -0.3 is 14.5 Å². The maximum atomic E-state index is 12.4. The predicted octanol–water partition coefficient (Wildman–Crippen LogP) is 0.636. The number of carbonyl (C=O) groups excluding carboxylic acids is 2. The van der Waals surface area contributed by atoms with E-state index in [0.29, 0.717) is 0 Å². The minimum absolute atomic E-state index is 0.129. The van der Waals surface area contributed by atoms with E-state index >= 15 is 0 Å². The van der Waals surface area contributed by atoms with Gasteiger partial charge in [0.15, 0.2) is 0 Å². The van der Waals surface area contributed by atoms with Crippen molar-refractivity contribution >= 4 is 11.8 Å². The third kappa shape index (κ3) is 2.36. The average molecular weight is 266 g/mol. The lowest BCUT2D eigenvalue weighted by atomic mass is 10.0. The number of ether oxygens (including phenoxy) is 1. The Labute approximate surface area is 113 Å². The van der Waals surface area contributed by atoms with Crippen LogP contribution in [-0.2, 0) is 14.3 Å². The zero-order valence-corrected chi connectivity index (χ0v) is 11.6. The summed E-state index contributed by atoms with van der Waals surface area (Å²) in [5.74, 6) is 0.297. The van der Waals surface area contributed by atoms with Crippen molar-refractivity contribution in [3.8, 4) is 0 Å². The second kappa shape index (κ2) is 4.78. The fourth-order valence-corrected chi connectivity index (χ4v) is 3.39. The molecule has 2 amide bonds. The number of piperazine rings is 1. The van der Waals surface area contributed by atoms with Gasteiger partial charge in [-0.05, 0) is 37.5 Å². The molecule has 2 heterocycles. The highest BCUT2D eigenvalue weighted by molar-refractivity contribution is 5.95. The Morgan fingerprint density at radius 1 is 1.37 bits per heavy atom. The van der Waals surface area contributed by atoms with Crippen molar-refractivity contribution in [3.05, 3.63) is 0 Å². The van der Waals surface area contributed by atoms with Crippen molar-refractivity contribution in [2.24, 2.45) is 5.41 Å². The smallest absolute Gasteiger partial charge is 0.245 e. The monoisotopic (exact) mass is 266 g/mol. The van der Waals surface area contributed by atoms with E-state index in [2.05, 4.69) is 0 Å². The Kier molecular flexibility index (Phi) is 3.25. The van der Waals surface area contributed by atoms with Crippen LogP contribution in [-0.4, -0.2) is 61.0 Å². The lowest BCUT2D eigenvalue weighted by molar-refractivity contribution is -0.154. The molecule has 0 aromatic heterocycles. The molecule has 5 nitrogen and oxygen atoms in total. The van der Waals surface area contributed by atoms with Gasteiger partial charge in [-0.2, -0.15) is 0 Å². The van der Waals surface area contributed by atoms with Crippen molar-refractivity contribution < 1.29 is 14.3 Å². The zero-order chi connectivity index (χ0) is 13.5. The molecule has 1 aliphatic carbocycles. The van der Waals surface area contributed by atoms with E-state index in [4.69, 9.17) is 4.74 Å². The van der Waals surface area contributed by atoms with Gasteiger partial charge in [-0.3, -0.25) is 9.59 Å². The minimum Gasteiger partial charge on any atom is -0.385 e. The number of rotatable bonds is 5. The minimum atomic E-state index is -0.167. The Morgan fingerprint density at radius 3 is 2.84 bits per heavy atom. The fraction of sp³-hybridized carbons (Fsp3) is 0.857. The van der Waals surface area contributed by atoms with Gasteiger partial charge in [0.1, 0.15) is 6.04 Å². The third-order valence-corrected chi connectivity index (χ3v) is 4.82. The number of hydrogen-bond donors (Lipinski definition) is 0. The summed E-state index contributed by atoms with van der Waals surface area (Å²) in [6, 6.07) is -0.167. The van der Waals surface area contributed by atoms with E-state index in [1.807, 2.05) is 0 Å². The number of hydrogen-bond acceptors (Lipinski definition) is 3. The van der Waals surface area contributed by atoms with Crippen molar-refractivity contribution in [2.75, 3.05) is 33.4 Å². The molecule has 0 bridgehead atoms. The largest absolute Gasteiger partial charge is 0.385 e. The molecule has 0 aromatic rings. The van der Waals surface area contributed by atoms with Gasteiger partial charge in [0, 0.05) is 26.8 Å². The van der Waals surface area contributed by atoms with Gasteiger partial charge in [-0.1, -0.05) is 0 Å². The average Bonchev–Trinajstić information content (AvgIpc) is 2.97. The summed E-state index contributed by atoms with van der Waals surface area (Å²) in [5.41, 5.74) is 0.229. The van der Waals surface area contributed by atoms with Crippen molar-refractivity contribution in [1.82, 2.24) is 9.80 Å². The summed E-state index contributed by atoms with van der Waals surface area (Å²) < 4.78 is 5.15. The molecule has 5 heteroatoms. The van der Waals surface area contributed by atoms with Crippen molar-refractivity contribution in [2.45, 2.75) is 38.1 Å². The second-order valence-corrected chi connectivity index (χ2v) is 6.18. The first-order valence-electron chi connectivity index (χ1n) is 7.22. The number of fused-ring (bicyclic) bond motifs is 1. The van der Waals surface area contributed by atoms with Crippen LogP contribution >= 0.6 is 0 Å². The van der Waals surface area contributed by atoms with E-state index in [9.17, 15) is 9.59 Å². The van der Waals surface area contributed by atoms with Gasteiger partial charge in [0.2, 0.25) is 11.8 Å². The highest BCUT2D eigenvalue weighted by Gasteiger charge is 2.48. The molecule has 0 N–H and O–H groups in total. The molecule has 3 rings (SSSR count). The normalized spacial score (nSPS) is 28.8. The fourth-order valence-electron chi connectivity index (χ4n) is 3.39. The second-order valence-electron chi connectivity index (χ2n) is 6.18. The van der Waals surface area contributed by atoms with Gasteiger partial charge in [-0.15, -0.1) is 0 Å². The van der Waals surface area contributed by atoms with Crippen LogP contribution in [0.4, 0.5) is 0 Å². The molecule has 1 atom stereocenters. The van der Waals surface area contributed by atoms with Crippen LogP contribution in [0.1, 0.15) is 32.1 Å². The first-order chi connectivity index (χ1) is 9.15. The lowest BCUT2D eigenvalue weighted by Crippen LogP contribution is -2.58. The van der Waals surface area contributed by atoms with Crippen LogP contribution in [0.2, 0.25) is 0 Å². The highest BCUT2D eigenvalue weighted by atomic mass is 16.5. The Bertz CT molecular complexity index is 392. The Hall–Kier alpha value is -1.10. The topological polar surface area (TPSA) is 49.9 Å². The predicted molar refractivity (Wildman–Crippen MR) is 69.5 cm³/mol. The first kappa shape index (κ1) is 12.9. The van der Waals surface area contributed by atoms with E-state index in [1.165, 1.54) is 0 Å². The number of nitrogens with zero attached hydrogens (tertiary/aromatic N) is 2. The van der Waals surface area contributed by atoms with Crippen LogP contribution in [0.3, 0.4) is 0 Å². The number of amides is 2. The lowest BCUT2D eigenvalue weighted by Gasteiger charge is -2.38. The summed E-state index contributed by atoms with van der Waals surface area (Å²) in [4.78, 5) is 28.1. The van der Waals surface area contributed by atoms with Crippen LogP contribution in [0.5, 0.6) is 0 Å². The molecule has 0 aromatic carbocycles.